The molecule has 1 saturated carbocycles. The lowest BCUT2D eigenvalue weighted by atomic mass is 9.72. The number of hydrogen-bond donors (Lipinski definition) is 1. The molecule has 3 rings (SSSR count). The molecule has 2 fully saturated rings. The third kappa shape index (κ3) is 3.08. The minimum atomic E-state index is -0.340. The van der Waals surface area contributed by atoms with Crippen molar-refractivity contribution in [3.05, 3.63) is 24.3 Å². The summed E-state index contributed by atoms with van der Waals surface area (Å²) < 4.78 is 10.6. The summed E-state index contributed by atoms with van der Waals surface area (Å²) in [6, 6.07) is 8.05. The van der Waals surface area contributed by atoms with Gasteiger partial charge in [-0.3, -0.25) is 0 Å². The fourth-order valence-corrected chi connectivity index (χ4v) is 3.94. The number of ether oxygens (including phenoxy) is 2. The first-order valence-corrected chi connectivity index (χ1v) is 8.42. The van der Waals surface area contributed by atoms with Crippen LogP contribution in [0, 0.1) is 5.41 Å². The average Bonchev–Trinajstić information content (AvgIpc) is 2.86. The third-order valence-electron chi connectivity index (χ3n) is 5.27. The number of methoxy groups -OCH3 is 1. The van der Waals surface area contributed by atoms with Crippen molar-refractivity contribution in [3.8, 4) is 5.75 Å². The average molecular weight is 305 g/mol. The topological polar surface area (TPSA) is 41.9 Å². The van der Waals surface area contributed by atoms with Gasteiger partial charge >= 0.3 is 0 Å². The Morgan fingerprint density at radius 2 is 1.82 bits per heavy atom. The maximum Gasteiger partial charge on any atom is 0.132 e. The Hall–Kier alpha value is -1.26. The summed E-state index contributed by atoms with van der Waals surface area (Å²) in [5.41, 5.74) is 1.22. The zero-order valence-corrected chi connectivity index (χ0v) is 13.5. The molecule has 1 saturated heterocycles. The fourth-order valence-electron chi connectivity index (χ4n) is 3.94. The highest BCUT2D eigenvalue weighted by Gasteiger charge is 2.46. The van der Waals surface area contributed by atoms with E-state index in [-0.39, 0.29) is 11.6 Å². The van der Waals surface area contributed by atoms with Crippen LogP contribution in [0.25, 0.3) is 0 Å². The van der Waals surface area contributed by atoms with Crippen LogP contribution >= 0.6 is 0 Å². The SMILES string of the molecule is COCCOc1ccc(N2CCC3(CCCCC3)C2O)cc1. The Morgan fingerprint density at radius 1 is 1.09 bits per heavy atom. The molecule has 4 heteroatoms. The van der Waals surface area contributed by atoms with Crippen LogP contribution in [0.3, 0.4) is 0 Å². The monoisotopic (exact) mass is 305 g/mol. The normalized spacial score (nSPS) is 23.9. The molecule has 0 amide bonds. The van der Waals surface area contributed by atoms with Crippen LogP contribution in [0.2, 0.25) is 0 Å². The van der Waals surface area contributed by atoms with Gasteiger partial charge in [0.25, 0.3) is 0 Å². The van der Waals surface area contributed by atoms with Gasteiger partial charge in [0.15, 0.2) is 0 Å². The van der Waals surface area contributed by atoms with E-state index in [1.165, 1.54) is 32.1 Å². The lowest BCUT2D eigenvalue weighted by molar-refractivity contribution is 0.0246. The van der Waals surface area contributed by atoms with Crippen molar-refractivity contribution in [1.82, 2.24) is 0 Å². The van der Waals surface area contributed by atoms with Gasteiger partial charge in [-0.25, -0.2) is 0 Å². The van der Waals surface area contributed by atoms with E-state index in [9.17, 15) is 5.11 Å². The van der Waals surface area contributed by atoms with Gasteiger partial charge < -0.3 is 19.5 Å². The molecule has 0 aromatic heterocycles. The Balaban J connectivity index is 1.64. The van der Waals surface area contributed by atoms with Crippen molar-refractivity contribution < 1.29 is 14.6 Å². The number of hydrogen-bond acceptors (Lipinski definition) is 4. The van der Waals surface area contributed by atoms with E-state index in [1.54, 1.807) is 7.11 Å². The summed E-state index contributed by atoms with van der Waals surface area (Å²) in [6.07, 6.45) is 6.95. The lowest BCUT2D eigenvalue weighted by Crippen LogP contribution is -2.40. The number of benzene rings is 1. The molecule has 2 aliphatic rings. The Morgan fingerprint density at radius 3 is 2.50 bits per heavy atom. The maximum absolute atomic E-state index is 10.8. The van der Waals surface area contributed by atoms with Gasteiger partial charge in [0.2, 0.25) is 0 Å². The maximum atomic E-state index is 10.8. The second-order valence-corrected chi connectivity index (χ2v) is 6.58. The van der Waals surface area contributed by atoms with Crippen LogP contribution in [0.5, 0.6) is 5.75 Å². The molecule has 1 atom stereocenters. The molecule has 1 aromatic carbocycles. The van der Waals surface area contributed by atoms with Crippen molar-refractivity contribution >= 4 is 5.69 Å². The van der Waals surface area contributed by atoms with Gasteiger partial charge in [0.05, 0.1) is 6.61 Å². The molecule has 1 N–H and O–H groups in total. The molecule has 0 bridgehead atoms. The van der Waals surface area contributed by atoms with Gasteiger partial charge in [-0.05, 0) is 43.5 Å². The van der Waals surface area contributed by atoms with E-state index in [4.69, 9.17) is 9.47 Å². The molecule has 1 spiro atoms. The van der Waals surface area contributed by atoms with E-state index in [1.807, 2.05) is 24.3 Å². The number of anilines is 1. The standard InChI is InChI=1S/C18H27NO3/c1-21-13-14-22-16-7-5-15(6-8-16)19-12-11-18(17(19)20)9-3-2-4-10-18/h5-8,17,20H,2-4,9-14H2,1H3. The van der Waals surface area contributed by atoms with Crippen LogP contribution < -0.4 is 9.64 Å². The fraction of sp³-hybridized carbons (Fsp3) is 0.667. The summed E-state index contributed by atoms with van der Waals surface area (Å²) in [6.45, 7) is 2.10. The predicted octanol–water partition coefficient (Wildman–Crippen LogP) is 3.19. The Labute approximate surface area is 133 Å². The van der Waals surface area contributed by atoms with E-state index < -0.39 is 0 Å². The highest BCUT2D eigenvalue weighted by molar-refractivity contribution is 5.51. The van der Waals surface area contributed by atoms with Crippen LogP contribution in [0.1, 0.15) is 38.5 Å². The van der Waals surface area contributed by atoms with E-state index in [0.29, 0.717) is 13.2 Å². The summed E-state index contributed by atoms with van der Waals surface area (Å²) in [4.78, 5) is 2.16. The Kier molecular flexibility index (Phi) is 4.89. The summed E-state index contributed by atoms with van der Waals surface area (Å²) in [5, 5.41) is 10.8. The first-order chi connectivity index (χ1) is 10.7. The molecule has 122 valence electrons. The summed E-state index contributed by atoms with van der Waals surface area (Å²) >= 11 is 0. The molecule has 0 radical (unpaired) electrons. The predicted molar refractivity (Wildman–Crippen MR) is 87.3 cm³/mol. The number of aliphatic hydroxyl groups excluding tert-OH is 1. The zero-order valence-electron chi connectivity index (χ0n) is 13.5. The van der Waals surface area contributed by atoms with Crippen molar-refractivity contribution in [3.63, 3.8) is 0 Å². The summed E-state index contributed by atoms with van der Waals surface area (Å²) in [7, 11) is 1.67. The van der Waals surface area contributed by atoms with E-state index >= 15 is 0 Å². The highest BCUT2D eigenvalue weighted by atomic mass is 16.5. The van der Waals surface area contributed by atoms with Gasteiger partial charge in [0, 0.05) is 24.8 Å². The molecule has 1 unspecified atom stereocenters. The molecule has 4 nitrogen and oxygen atoms in total. The van der Waals surface area contributed by atoms with Crippen molar-refractivity contribution in [2.45, 2.75) is 44.8 Å². The minimum Gasteiger partial charge on any atom is -0.491 e. The Bertz CT molecular complexity index is 468. The summed E-state index contributed by atoms with van der Waals surface area (Å²) in [5.74, 6) is 0.849. The molecular weight excluding hydrogens is 278 g/mol. The molecule has 1 aliphatic heterocycles. The van der Waals surface area contributed by atoms with Crippen molar-refractivity contribution in [2.24, 2.45) is 5.41 Å². The molecule has 1 aliphatic carbocycles. The first-order valence-electron chi connectivity index (χ1n) is 8.42. The van der Waals surface area contributed by atoms with Crippen molar-refractivity contribution in [1.29, 1.82) is 0 Å². The number of nitrogens with zero attached hydrogens (tertiary/aromatic N) is 1. The molecule has 22 heavy (non-hydrogen) atoms. The molecule has 1 heterocycles. The van der Waals surface area contributed by atoms with E-state index in [2.05, 4.69) is 4.90 Å². The van der Waals surface area contributed by atoms with Crippen molar-refractivity contribution in [2.75, 3.05) is 31.8 Å². The smallest absolute Gasteiger partial charge is 0.132 e. The largest absolute Gasteiger partial charge is 0.491 e. The zero-order chi connectivity index (χ0) is 15.4. The van der Waals surface area contributed by atoms with Gasteiger partial charge in [-0.2, -0.15) is 0 Å². The number of aliphatic hydroxyl groups is 1. The van der Waals surface area contributed by atoms with Crippen LogP contribution in [-0.2, 0) is 4.74 Å². The van der Waals surface area contributed by atoms with Crippen LogP contribution in [-0.4, -0.2) is 38.2 Å². The second kappa shape index (κ2) is 6.88. The van der Waals surface area contributed by atoms with Crippen LogP contribution in [0.4, 0.5) is 5.69 Å². The van der Waals surface area contributed by atoms with Gasteiger partial charge in [-0.15, -0.1) is 0 Å². The lowest BCUT2D eigenvalue weighted by Gasteiger charge is -2.38. The molecular formula is C18H27NO3. The first kappa shape index (κ1) is 15.6. The third-order valence-corrected chi connectivity index (χ3v) is 5.27. The van der Waals surface area contributed by atoms with E-state index in [0.717, 1.165) is 24.4 Å². The quantitative estimate of drug-likeness (QED) is 0.848. The second-order valence-electron chi connectivity index (χ2n) is 6.58. The molecule has 1 aromatic rings. The van der Waals surface area contributed by atoms with Gasteiger partial charge in [0.1, 0.15) is 18.6 Å². The van der Waals surface area contributed by atoms with Crippen LogP contribution in [0.15, 0.2) is 24.3 Å². The minimum absolute atomic E-state index is 0.131. The number of rotatable bonds is 5. The highest BCUT2D eigenvalue weighted by Crippen LogP contribution is 2.48. The van der Waals surface area contributed by atoms with Gasteiger partial charge in [-0.1, -0.05) is 19.3 Å².